The summed E-state index contributed by atoms with van der Waals surface area (Å²) in [5.74, 6) is 4.59. The minimum Gasteiger partial charge on any atom is -0.368 e. The molecule has 5 atom stereocenters. The molecule has 0 saturated heterocycles. The quantitative estimate of drug-likeness (QED) is 0.354. The molecule has 1 nitrogen and oxygen atoms in total. The Morgan fingerprint density at radius 2 is 1.59 bits per heavy atom. The highest BCUT2D eigenvalue weighted by Gasteiger charge is 2.45. The lowest BCUT2D eigenvalue weighted by Crippen LogP contribution is -2.44. The van der Waals surface area contributed by atoms with Gasteiger partial charge < -0.3 is 4.90 Å². The zero-order chi connectivity index (χ0) is 25.8. The molecule has 1 aliphatic heterocycles. The highest BCUT2D eigenvalue weighted by atomic mass is 15.2. The Kier molecular flexibility index (Phi) is 6.94. The number of nitrogens with zero attached hydrogens (tertiary/aromatic N) is 1. The summed E-state index contributed by atoms with van der Waals surface area (Å²) in [5.41, 5.74) is 10.8. The summed E-state index contributed by atoms with van der Waals surface area (Å²) >= 11 is 0. The van der Waals surface area contributed by atoms with Crippen molar-refractivity contribution in [1.82, 2.24) is 4.90 Å². The molecule has 7 aliphatic carbocycles. The van der Waals surface area contributed by atoms with E-state index in [0.717, 1.165) is 41.7 Å². The van der Waals surface area contributed by atoms with E-state index < -0.39 is 0 Å². The van der Waals surface area contributed by atoms with Crippen LogP contribution in [0.2, 0.25) is 0 Å². The number of hydrogen-bond acceptors (Lipinski definition) is 1. The van der Waals surface area contributed by atoms with Gasteiger partial charge in [0, 0.05) is 23.7 Å². The van der Waals surface area contributed by atoms with Crippen LogP contribution in [-0.4, -0.2) is 17.0 Å². The van der Waals surface area contributed by atoms with Crippen molar-refractivity contribution in [3.63, 3.8) is 0 Å². The maximum absolute atomic E-state index is 3.09. The fourth-order valence-corrected chi connectivity index (χ4v) is 11.3. The summed E-state index contributed by atoms with van der Waals surface area (Å²) in [4.78, 5) is 3.09. The fraction of sp³-hybridized carbons (Fsp3) is 0.737. The minimum atomic E-state index is 0.845. The van der Waals surface area contributed by atoms with E-state index >= 15 is 0 Å². The molecule has 0 N–H and O–H groups in total. The van der Waals surface area contributed by atoms with Crippen LogP contribution in [-0.2, 0) is 0 Å². The molecule has 0 bridgehead atoms. The van der Waals surface area contributed by atoms with Crippen molar-refractivity contribution in [3.8, 4) is 0 Å². The van der Waals surface area contributed by atoms with Crippen molar-refractivity contribution in [2.75, 3.05) is 0 Å². The van der Waals surface area contributed by atoms with E-state index in [-0.39, 0.29) is 0 Å². The molecule has 3 fully saturated rings. The average Bonchev–Trinajstić information content (AvgIpc) is 3.34. The van der Waals surface area contributed by atoms with Crippen molar-refractivity contribution in [2.45, 2.75) is 147 Å². The van der Waals surface area contributed by atoms with Crippen LogP contribution < -0.4 is 0 Å². The van der Waals surface area contributed by atoms with Gasteiger partial charge in [-0.3, -0.25) is 0 Å². The van der Waals surface area contributed by atoms with Crippen LogP contribution in [0.25, 0.3) is 0 Å². The lowest BCUT2D eigenvalue weighted by Gasteiger charge is -2.45. The molecule has 0 spiro atoms. The predicted molar refractivity (Wildman–Crippen MR) is 163 cm³/mol. The van der Waals surface area contributed by atoms with Crippen molar-refractivity contribution < 1.29 is 0 Å². The standard InChI is InChI=1S/C38H53N/c1-2-11-32-27(9-1)21-22-29-25-28(31-10-3-4-14-35(31)38(29)32)20-17-26-18-23-30(24-19-26)39-36-15-7-5-12-33(36)34-13-6-8-16-37(34)39/h4,9,11,14,26,28-31,33,36H,1-3,5-8,10,12-13,15-25H2. The lowest BCUT2D eigenvalue weighted by atomic mass is 9.60. The van der Waals surface area contributed by atoms with E-state index in [1.54, 1.807) is 16.7 Å². The van der Waals surface area contributed by atoms with Crippen LogP contribution in [0.15, 0.2) is 57.9 Å². The van der Waals surface area contributed by atoms with Crippen LogP contribution in [0.1, 0.15) is 135 Å². The molecular weight excluding hydrogens is 470 g/mol. The van der Waals surface area contributed by atoms with Gasteiger partial charge in [0.2, 0.25) is 0 Å². The molecule has 3 saturated carbocycles. The zero-order valence-electron chi connectivity index (χ0n) is 24.6. The van der Waals surface area contributed by atoms with E-state index in [2.05, 4.69) is 29.2 Å². The summed E-state index contributed by atoms with van der Waals surface area (Å²) in [6.45, 7) is 0. The molecule has 0 amide bonds. The molecule has 1 heterocycles. The van der Waals surface area contributed by atoms with E-state index in [0.29, 0.717) is 0 Å². The van der Waals surface area contributed by atoms with Gasteiger partial charge in [-0.05, 0) is 167 Å². The van der Waals surface area contributed by atoms with Crippen molar-refractivity contribution in [2.24, 2.45) is 29.6 Å². The number of fused-ring (bicyclic) bond motifs is 6. The third-order valence-electron chi connectivity index (χ3n) is 13.0. The highest BCUT2D eigenvalue weighted by molar-refractivity contribution is 5.57. The minimum absolute atomic E-state index is 0.845. The first kappa shape index (κ1) is 25.2. The normalized spacial score (nSPS) is 39.8. The Hall–Kier alpha value is -1.50. The predicted octanol–water partition coefficient (Wildman–Crippen LogP) is 10.4. The first-order chi connectivity index (χ1) is 19.3. The Bertz CT molecular complexity index is 1100. The van der Waals surface area contributed by atoms with Gasteiger partial charge in [0.1, 0.15) is 0 Å². The van der Waals surface area contributed by atoms with Crippen LogP contribution in [0.5, 0.6) is 0 Å². The van der Waals surface area contributed by atoms with Gasteiger partial charge in [-0.15, -0.1) is 0 Å². The molecule has 1 heteroatoms. The summed E-state index contributed by atoms with van der Waals surface area (Å²) < 4.78 is 0. The first-order valence-corrected chi connectivity index (χ1v) is 17.7. The van der Waals surface area contributed by atoms with Crippen molar-refractivity contribution in [3.05, 3.63) is 57.9 Å². The summed E-state index contributed by atoms with van der Waals surface area (Å²) in [5, 5.41) is 0. The van der Waals surface area contributed by atoms with E-state index in [9.17, 15) is 0 Å². The number of rotatable bonds is 4. The Morgan fingerprint density at radius 3 is 2.54 bits per heavy atom. The Labute approximate surface area is 239 Å². The zero-order valence-corrected chi connectivity index (χ0v) is 24.6. The SMILES string of the molecule is C1=CC2=C3C4=CCCC=C4CCC3CC(CCC3CCC(N4C5=C(CCCC5)C5CCCCC54)CC3)C2CC1. The molecular formula is C38H53N. The van der Waals surface area contributed by atoms with Gasteiger partial charge in [0.05, 0.1) is 0 Å². The molecule has 8 rings (SSSR count). The van der Waals surface area contributed by atoms with Crippen LogP contribution in [0.4, 0.5) is 0 Å². The Balaban J connectivity index is 0.926. The largest absolute Gasteiger partial charge is 0.368 e. The number of allylic oxidation sites excluding steroid dienone is 9. The van der Waals surface area contributed by atoms with E-state index in [4.69, 9.17) is 0 Å². The maximum atomic E-state index is 3.09. The lowest BCUT2D eigenvalue weighted by molar-refractivity contribution is 0.0968. The molecule has 0 radical (unpaired) electrons. The highest BCUT2D eigenvalue weighted by Crippen LogP contribution is 2.54. The van der Waals surface area contributed by atoms with Gasteiger partial charge in [0.15, 0.2) is 0 Å². The monoisotopic (exact) mass is 523 g/mol. The smallest absolute Gasteiger partial charge is 0.0356 e. The van der Waals surface area contributed by atoms with Crippen LogP contribution >= 0.6 is 0 Å². The average molecular weight is 524 g/mol. The third-order valence-corrected chi connectivity index (χ3v) is 13.0. The first-order valence-electron chi connectivity index (χ1n) is 17.7. The van der Waals surface area contributed by atoms with Gasteiger partial charge in [0.25, 0.3) is 0 Å². The molecule has 39 heavy (non-hydrogen) atoms. The van der Waals surface area contributed by atoms with E-state index in [1.165, 1.54) is 135 Å². The molecule has 0 aromatic rings. The van der Waals surface area contributed by atoms with Gasteiger partial charge in [-0.25, -0.2) is 0 Å². The molecule has 5 unspecified atom stereocenters. The Morgan fingerprint density at radius 1 is 0.718 bits per heavy atom. The summed E-state index contributed by atoms with van der Waals surface area (Å²) in [7, 11) is 0. The topological polar surface area (TPSA) is 3.24 Å². The summed E-state index contributed by atoms with van der Waals surface area (Å²) in [6.07, 6.45) is 40.6. The van der Waals surface area contributed by atoms with Gasteiger partial charge in [-0.2, -0.15) is 0 Å². The van der Waals surface area contributed by atoms with Gasteiger partial charge >= 0.3 is 0 Å². The second kappa shape index (κ2) is 10.7. The molecule has 210 valence electrons. The van der Waals surface area contributed by atoms with Crippen molar-refractivity contribution >= 4 is 0 Å². The summed E-state index contributed by atoms with van der Waals surface area (Å²) in [6, 6.07) is 1.77. The fourth-order valence-electron chi connectivity index (χ4n) is 11.3. The second-order valence-corrected chi connectivity index (χ2v) is 14.9. The van der Waals surface area contributed by atoms with Crippen LogP contribution in [0, 0.1) is 29.6 Å². The third kappa shape index (κ3) is 4.48. The molecule has 8 aliphatic rings. The second-order valence-electron chi connectivity index (χ2n) is 14.9. The maximum Gasteiger partial charge on any atom is 0.0356 e. The number of hydrogen-bond donors (Lipinski definition) is 0. The van der Waals surface area contributed by atoms with Gasteiger partial charge in [-0.1, -0.05) is 43.6 Å². The van der Waals surface area contributed by atoms with Crippen molar-refractivity contribution in [1.29, 1.82) is 0 Å². The van der Waals surface area contributed by atoms with Crippen LogP contribution in [0.3, 0.4) is 0 Å². The van der Waals surface area contributed by atoms with E-state index in [1.807, 2.05) is 16.8 Å². The molecule has 0 aromatic heterocycles. The molecule has 0 aromatic carbocycles.